The van der Waals surface area contributed by atoms with E-state index in [9.17, 15) is 9.59 Å². The van der Waals surface area contributed by atoms with E-state index in [1.54, 1.807) is 0 Å². The second kappa shape index (κ2) is 6.73. The van der Waals surface area contributed by atoms with Crippen molar-refractivity contribution in [1.82, 2.24) is 5.32 Å². The predicted octanol–water partition coefficient (Wildman–Crippen LogP) is 1.37. The summed E-state index contributed by atoms with van der Waals surface area (Å²) in [5.41, 5.74) is 5.53. The van der Waals surface area contributed by atoms with Crippen LogP contribution < -0.4 is 11.1 Å². The molecule has 0 fully saturated rings. The van der Waals surface area contributed by atoms with Crippen LogP contribution in [0.25, 0.3) is 0 Å². The molecule has 0 aliphatic heterocycles. The Labute approximate surface area is 109 Å². The van der Waals surface area contributed by atoms with E-state index in [4.69, 9.17) is 10.8 Å². The molecule has 0 saturated carbocycles. The maximum absolute atomic E-state index is 11.8. The molecule has 0 bridgehead atoms. The van der Waals surface area contributed by atoms with Crippen molar-refractivity contribution in [2.75, 3.05) is 0 Å². The first-order chi connectivity index (χ1) is 8.04. The average molecular weight is 258 g/mol. The van der Waals surface area contributed by atoms with Gasteiger partial charge in [-0.05, 0) is 11.3 Å². The van der Waals surface area contributed by atoms with Gasteiger partial charge in [0.05, 0.1) is 6.42 Å². The van der Waals surface area contributed by atoms with E-state index >= 15 is 0 Å². The maximum Gasteiger partial charge on any atom is 0.305 e. The lowest BCUT2D eigenvalue weighted by Gasteiger charge is -2.31. The summed E-state index contributed by atoms with van der Waals surface area (Å²) < 4.78 is 0. The molecule has 0 aliphatic rings. The van der Waals surface area contributed by atoms with E-state index in [-0.39, 0.29) is 42.2 Å². The van der Waals surface area contributed by atoms with E-state index in [0.717, 1.165) is 0 Å². The Balaban J connectivity index is 4.50. The van der Waals surface area contributed by atoms with Crippen LogP contribution in [0.15, 0.2) is 0 Å². The largest absolute Gasteiger partial charge is 0.481 e. The Bertz CT molecular complexity index is 295. The molecule has 4 N–H and O–H groups in total. The normalized spacial score (nSPS) is 15.3. The number of carboxylic acid groups (broad SMARTS) is 1. The summed E-state index contributed by atoms with van der Waals surface area (Å²) in [6.07, 6.45) is 0.149. The van der Waals surface area contributed by atoms with Gasteiger partial charge in [-0.3, -0.25) is 9.59 Å². The molecule has 0 heterocycles. The zero-order valence-electron chi connectivity index (χ0n) is 12.0. The van der Waals surface area contributed by atoms with Crippen molar-refractivity contribution >= 4 is 11.9 Å². The van der Waals surface area contributed by atoms with E-state index in [0.29, 0.717) is 0 Å². The first-order valence-electron chi connectivity index (χ1n) is 6.30. The Kier molecular flexibility index (Phi) is 6.32. The van der Waals surface area contributed by atoms with E-state index in [1.165, 1.54) is 0 Å². The molecule has 18 heavy (non-hydrogen) atoms. The topological polar surface area (TPSA) is 92.4 Å². The summed E-state index contributed by atoms with van der Waals surface area (Å²) in [5, 5.41) is 11.6. The van der Waals surface area contributed by atoms with Gasteiger partial charge < -0.3 is 16.2 Å². The predicted molar refractivity (Wildman–Crippen MR) is 71.1 cm³/mol. The van der Waals surface area contributed by atoms with Crippen LogP contribution >= 0.6 is 0 Å². The van der Waals surface area contributed by atoms with Crippen LogP contribution in [0.1, 0.15) is 47.5 Å². The molecule has 5 nitrogen and oxygen atoms in total. The van der Waals surface area contributed by atoms with Crippen molar-refractivity contribution in [3.63, 3.8) is 0 Å². The molecule has 0 aromatic rings. The number of nitrogens with one attached hydrogen (secondary N) is 1. The summed E-state index contributed by atoms with van der Waals surface area (Å²) >= 11 is 0. The molecule has 0 aromatic carbocycles. The molecule has 5 heteroatoms. The first kappa shape index (κ1) is 16.9. The summed E-state index contributed by atoms with van der Waals surface area (Å²) in [5.74, 6) is -0.871. The molecule has 0 aliphatic carbocycles. The lowest BCUT2D eigenvalue weighted by molar-refractivity contribution is -0.138. The number of carbonyl (C=O) groups excluding carboxylic acids is 1. The SMILES string of the molecule is CC(C)C(N)CC(=O)NC(CC(=O)O)C(C)(C)C. The molecular weight excluding hydrogens is 232 g/mol. The van der Waals surface area contributed by atoms with Crippen molar-refractivity contribution in [2.45, 2.75) is 59.5 Å². The summed E-state index contributed by atoms with van der Waals surface area (Å²) in [4.78, 5) is 22.6. The summed E-state index contributed by atoms with van der Waals surface area (Å²) in [7, 11) is 0. The van der Waals surface area contributed by atoms with E-state index < -0.39 is 5.97 Å². The van der Waals surface area contributed by atoms with Crippen molar-refractivity contribution in [3.05, 3.63) is 0 Å². The van der Waals surface area contributed by atoms with Crippen molar-refractivity contribution in [1.29, 1.82) is 0 Å². The van der Waals surface area contributed by atoms with Gasteiger partial charge in [-0.15, -0.1) is 0 Å². The molecule has 0 saturated heterocycles. The third-order valence-electron chi connectivity index (χ3n) is 3.04. The third-order valence-corrected chi connectivity index (χ3v) is 3.04. The highest BCUT2D eigenvalue weighted by Gasteiger charge is 2.28. The molecule has 0 spiro atoms. The quantitative estimate of drug-likeness (QED) is 0.671. The zero-order valence-corrected chi connectivity index (χ0v) is 12.0. The molecule has 2 atom stereocenters. The Hall–Kier alpha value is -1.10. The Morgan fingerprint density at radius 3 is 2.06 bits per heavy atom. The second-order valence-electron chi connectivity index (χ2n) is 6.20. The van der Waals surface area contributed by atoms with Crippen LogP contribution in [0.4, 0.5) is 0 Å². The number of hydrogen-bond acceptors (Lipinski definition) is 3. The third kappa shape index (κ3) is 6.59. The lowest BCUT2D eigenvalue weighted by Crippen LogP contribution is -2.46. The van der Waals surface area contributed by atoms with Crippen molar-refractivity contribution < 1.29 is 14.7 Å². The van der Waals surface area contributed by atoms with Gasteiger partial charge in [0.15, 0.2) is 0 Å². The fourth-order valence-electron chi connectivity index (χ4n) is 1.45. The maximum atomic E-state index is 11.8. The fraction of sp³-hybridized carbons (Fsp3) is 0.846. The number of aliphatic carboxylic acids is 1. The molecular formula is C13H26N2O3. The highest BCUT2D eigenvalue weighted by molar-refractivity contribution is 5.78. The minimum Gasteiger partial charge on any atom is -0.481 e. The second-order valence-corrected chi connectivity index (χ2v) is 6.20. The smallest absolute Gasteiger partial charge is 0.305 e. The van der Waals surface area contributed by atoms with E-state index in [1.807, 2.05) is 34.6 Å². The standard InChI is InChI=1S/C13H26N2O3/c1-8(2)9(14)6-11(16)15-10(7-12(17)18)13(3,4)5/h8-10H,6-7,14H2,1-5H3,(H,15,16)(H,17,18). The Morgan fingerprint density at radius 2 is 1.72 bits per heavy atom. The number of amides is 1. The van der Waals surface area contributed by atoms with E-state index in [2.05, 4.69) is 5.32 Å². The molecule has 1 amide bonds. The van der Waals surface area contributed by atoms with Gasteiger partial charge >= 0.3 is 5.97 Å². The van der Waals surface area contributed by atoms with Crippen LogP contribution in [0.3, 0.4) is 0 Å². The van der Waals surface area contributed by atoms with Gasteiger partial charge in [0.1, 0.15) is 0 Å². The van der Waals surface area contributed by atoms with Crippen molar-refractivity contribution in [3.8, 4) is 0 Å². The van der Waals surface area contributed by atoms with Gasteiger partial charge in [-0.25, -0.2) is 0 Å². The highest BCUT2D eigenvalue weighted by Crippen LogP contribution is 2.22. The zero-order chi connectivity index (χ0) is 14.5. The highest BCUT2D eigenvalue weighted by atomic mass is 16.4. The van der Waals surface area contributed by atoms with Crippen LogP contribution in [0.5, 0.6) is 0 Å². The fourth-order valence-corrected chi connectivity index (χ4v) is 1.45. The number of rotatable bonds is 6. The number of carboxylic acids is 1. The van der Waals surface area contributed by atoms with Crippen LogP contribution in [0.2, 0.25) is 0 Å². The van der Waals surface area contributed by atoms with Gasteiger partial charge in [0, 0.05) is 18.5 Å². The summed E-state index contributed by atoms with van der Waals surface area (Å²) in [6, 6.07) is -0.586. The molecule has 0 aromatic heterocycles. The first-order valence-corrected chi connectivity index (χ1v) is 6.30. The monoisotopic (exact) mass is 258 g/mol. The number of carbonyl (C=O) groups is 2. The minimum absolute atomic E-state index is 0.0772. The molecule has 0 rings (SSSR count). The number of hydrogen-bond donors (Lipinski definition) is 3. The molecule has 0 radical (unpaired) electrons. The van der Waals surface area contributed by atoms with Gasteiger partial charge in [-0.2, -0.15) is 0 Å². The van der Waals surface area contributed by atoms with Crippen molar-refractivity contribution in [2.24, 2.45) is 17.1 Å². The van der Waals surface area contributed by atoms with Crippen LogP contribution in [-0.4, -0.2) is 29.1 Å². The Morgan fingerprint density at radius 1 is 1.22 bits per heavy atom. The van der Waals surface area contributed by atoms with Crippen LogP contribution in [0, 0.1) is 11.3 Å². The van der Waals surface area contributed by atoms with Crippen LogP contribution in [-0.2, 0) is 9.59 Å². The number of nitrogens with two attached hydrogens (primary N) is 1. The summed E-state index contributed by atoms with van der Waals surface area (Å²) in [6.45, 7) is 9.63. The molecule has 2 unspecified atom stereocenters. The average Bonchev–Trinajstić information content (AvgIpc) is 2.13. The van der Waals surface area contributed by atoms with Gasteiger partial charge in [0.25, 0.3) is 0 Å². The molecule has 106 valence electrons. The minimum atomic E-state index is -0.914. The van der Waals surface area contributed by atoms with Gasteiger partial charge in [0.2, 0.25) is 5.91 Å². The lowest BCUT2D eigenvalue weighted by atomic mass is 9.84. The van der Waals surface area contributed by atoms with Gasteiger partial charge in [-0.1, -0.05) is 34.6 Å².